The van der Waals surface area contributed by atoms with Crippen LogP contribution in [0.2, 0.25) is 0 Å². The minimum Gasteiger partial charge on any atom is -0.464 e. The molecule has 2 rings (SSSR count). The quantitative estimate of drug-likeness (QED) is 0.628. The van der Waals surface area contributed by atoms with Crippen molar-refractivity contribution in [1.82, 2.24) is 5.43 Å². The van der Waals surface area contributed by atoms with Crippen molar-refractivity contribution in [2.24, 2.45) is 5.84 Å². The summed E-state index contributed by atoms with van der Waals surface area (Å²) < 4.78 is 5.76. The van der Waals surface area contributed by atoms with Crippen molar-refractivity contribution >= 4 is 0 Å². The van der Waals surface area contributed by atoms with Gasteiger partial charge < -0.3 is 4.42 Å². The van der Waals surface area contributed by atoms with Crippen LogP contribution in [0.25, 0.3) is 0 Å². The van der Waals surface area contributed by atoms with Crippen molar-refractivity contribution in [2.45, 2.75) is 32.7 Å². The molecule has 1 unspecified atom stereocenters. The Balaban J connectivity index is 2.17. The van der Waals surface area contributed by atoms with Crippen molar-refractivity contribution in [3.05, 3.63) is 59.0 Å². The molecule has 0 fully saturated rings. The Labute approximate surface area is 108 Å². The highest BCUT2D eigenvalue weighted by molar-refractivity contribution is 5.27. The van der Waals surface area contributed by atoms with E-state index < -0.39 is 0 Å². The summed E-state index contributed by atoms with van der Waals surface area (Å²) in [5.41, 5.74) is 5.40. The zero-order valence-electron chi connectivity index (χ0n) is 10.9. The van der Waals surface area contributed by atoms with Crippen molar-refractivity contribution in [3.8, 4) is 0 Å². The standard InChI is InChI=1S/C15H20N2O/c1-3-13-8-9-15(18-13)14(17-16)10-12-7-5-4-6-11(12)2/h4-9,14,17H,3,10,16H2,1-2H3. The maximum absolute atomic E-state index is 5.76. The summed E-state index contributed by atoms with van der Waals surface area (Å²) in [4.78, 5) is 0. The van der Waals surface area contributed by atoms with Gasteiger partial charge in [0.05, 0.1) is 6.04 Å². The van der Waals surface area contributed by atoms with E-state index in [1.807, 2.05) is 18.2 Å². The van der Waals surface area contributed by atoms with Crippen LogP contribution in [-0.2, 0) is 12.8 Å². The van der Waals surface area contributed by atoms with Crippen molar-refractivity contribution < 1.29 is 4.42 Å². The minimum atomic E-state index is 0.0198. The maximum atomic E-state index is 5.76. The van der Waals surface area contributed by atoms with Crippen LogP contribution in [0.3, 0.4) is 0 Å². The van der Waals surface area contributed by atoms with Gasteiger partial charge in [0.15, 0.2) is 0 Å². The summed E-state index contributed by atoms with van der Waals surface area (Å²) in [5, 5.41) is 0. The molecule has 0 aliphatic carbocycles. The smallest absolute Gasteiger partial charge is 0.122 e. The number of hydrogen-bond acceptors (Lipinski definition) is 3. The third-order valence-electron chi connectivity index (χ3n) is 3.26. The maximum Gasteiger partial charge on any atom is 0.122 e. The fraction of sp³-hybridized carbons (Fsp3) is 0.333. The molecule has 0 amide bonds. The molecule has 3 nitrogen and oxygen atoms in total. The number of hydrazine groups is 1. The molecule has 18 heavy (non-hydrogen) atoms. The fourth-order valence-corrected chi connectivity index (χ4v) is 2.07. The Hall–Kier alpha value is -1.58. The van der Waals surface area contributed by atoms with Crippen LogP contribution in [0.15, 0.2) is 40.8 Å². The summed E-state index contributed by atoms with van der Waals surface area (Å²) in [6.07, 6.45) is 1.74. The Morgan fingerprint density at radius 1 is 1.22 bits per heavy atom. The van der Waals surface area contributed by atoms with Crippen LogP contribution in [0, 0.1) is 6.92 Å². The molecule has 0 radical (unpaired) electrons. The highest BCUT2D eigenvalue weighted by Crippen LogP contribution is 2.22. The second kappa shape index (κ2) is 5.85. The first-order valence-corrected chi connectivity index (χ1v) is 6.33. The van der Waals surface area contributed by atoms with Gasteiger partial charge in [-0.25, -0.2) is 5.43 Å². The molecule has 0 bridgehead atoms. The lowest BCUT2D eigenvalue weighted by atomic mass is 10.0. The Morgan fingerprint density at radius 2 is 2.00 bits per heavy atom. The molecule has 1 heterocycles. The average Bonchev–Trinajstić information content (AvgIpc) is 2.86. The zero-order valence-corrected chi connectivity index (χ0v) is 10.9. The monoisotopic (exact) mass is 244 g/mol. The third kappa shape index (κ3) is 2.81. The van der Waals surface area contributed by atoms with Gasteiger partial charge in [-0.1, -0.05) is 31.2 Å². The summed E-state index contributed by atoms with van der Waals surface area (Å²) in [5.74, 6) is 7.54. The second-order valence-corrected chi connectivity index (χ2v) is 4.51. The molecular weight excluding hydrogens is 224 g/mol. The first kappa shape index (κ1) is 12.9. The lowest BCUT2D eigenvalue weighted by Crippen LogP contribution is -2.29. The lowest BCUT2D eigenvalue weighted by molar-refractivity contribution is 0.396. The first-order chi connectivity index (χ1) is 8.74. The average molecular weight is 244 g/mol. The van der Waals surface area contributed by atoms with Crippen LogP contribution in [0.4, 0.5) is 0 Å². The molecule has 3 heteroatoms. The molecular formula is C15H20N2O. The van der Waals surface area contributed by atoms with E-state index in [1.165, 1.54) is 11.1 Å². The second-order valence-electron chi connectivity index (χ2n) is 4.51. The summed E-state index contributed by atoms with van der Waals surface area (Å²) >= 11 is 0. The topological polar surface area (TPSA) is 51.2 Å². The summed E-state index contributed by atoms with van der Waals surface area (Å²) in [7, 11) is 0. The molecule has 0 saturated carbocycles. The Bertz CT molecular complexity index is 505. The van der Waals surface area contributed by atoms with E-state index in [4.69, 9.17) is 10.3 Å². The van der Waals surface area contributed by atoms with Gasteiger partial charge in [0.25, 0.3) is 0 Å². The van der Waals surface area contributed by atoms with Gasteiger partial charge in [-0.05, 0) is 36.6 Å². The highest BCUT2D eigenvalue weighted by atomic mass is 16.3. The number of hydrogen-bond donors (Lipinski definition) is 2. The van der Waals surface area contributed by atoms with Crippen molar-refractivity contribution in [2.75, 3.05) is 0 Å². The molecule has 2 aromatic rings. The van der Waals surface area contributed by atoms with Crippen LogP contribution < -0.4 is 11.3 Å². The van der Waals surface area contributed by atoms with Gasteiger partial charge in [-0.15, -0.1) is 0 Å². The van der Waals surface area contributed by atoms with E-state index in [-0.39, 0.29) is 6.04 Å². The minimum absolute atomic E-state index is 0.0198. The molecule has 0 saturated heterocycles. The van der Waals surface area contributed by atoms with Gasteiger partial charge >= 0.3 is 0 Å². The number of furan rings is 1. The number of aryl methyl sites for hydroxylation is 2. The normalized spacial score (nSPS) is 12.6. The van der Waals surface area contributed by atoms with E-state index in [0.29, 0.717) is 0 Å². The molecule has 0 spiro atoms. The molecule has 1 atom stereocenters. The van der Waals surface area contributed by atoms with Crippen LogP contribution >= 0.6 is 0 Å². The highest BCUT2D eigenvalue weighted by Gasteiger charge is 2.15. The van der Waals surface area contributed by atoms with Crippen LogP contribution in [-0.4, -0.2) is 0 Å². The van der Waals surface area contributed by atoms with E-state index in [2.05, 4.69) is 37.5 Å². The van der Waals surface area contributed by atoms with Gasteiger partial charge in [-0.2, -0.15) is 0 Å². The predicted octanol–water partition coefficient (Wildman–Crippen LogP) is 2.90. The summed E-state index contributed by atoms with van der Waals surface area (Å²) in [6, 6.07) is 12.4. The van der Waals surface area contributed by atoms with E-state index in [0.717, 1.165) is 24.4 Å². The molecule has 96 valence electrons. The number of rotatable bonds is 5. The fourth-order valence-electron chi connectivity index (χ4n) is 2.07. The Morgan fingerprint density at radius 3 is 2.61 bits per heavy atom. The molecule has 0 aliphatic rings. The van der Waals surface area contributed by atoms with Crippen LogP contribution in [0.5, 0.6) is 0 Å². The lowest BCUT2D eigenvalue weighted by Gasteiger charge is -2.15. The van der Waals surface area contributed by atoms with Gasteiger partial charge in [0.2, 0.25) is 0 Å². The van der Waals surface area contributed by atoms with Gasteiger partial charge in [0.1, 0.15) is 11.5 Å². The number of nitrogens with one attached hydrogen (secondary N) is 1. The predicted molar refractivity (Wildman–Crippen MR) is 73.0 cm³/mol. The Kier molecular flexibility index (Phi) is 4.18. The molecule has 1 aromatic carbocycles. The zero-order chi connectivity index (χ0) is 13.0. The molecule has 3 N–H and O–H groups in total. The van der Waals surface area contributed by atoms with Crippen LogP contribution in [0.1, 0.15) is 35.6 Å². The molecule has 1 aromatic heterocycles. The SMILES string of the molecule is CCc1ccc(C(Cc2ccccc2C)NN)o1. The third-order valence-corrected chi connectivity index (χ3v) is 3.26. The number of benzene rings is 1. The largest absolute Gasteiger partial charge is 0.464 e. The number of nitrogens with two attached hydrogens (primary N) is 1. The van der Waals surface area contributed by atoms with E-state index in [1.54, 1.807) is 0 Å². The van der Waals surface area contributed by atoms with Gasteiger partial charge in [0, 0.05) is 6.42 Å². The summed E-state index contributed by atoms with van der Waals surface area (Å²) in [6.45, 7) is 4.19. The van der Waals surface area contributed by atoms with Crippen molar-refractivity contribution in [1.29, 1.82) is 0 Å². The first-order valence-electron chi connectivity index (χ1n) is 6.33. The van der Waals surface area contributed by atoms with Crippen molar-refractivity contribution in [3.63, 3.8) is 0 Å². The van der Waals surface area contributed by atoms with Gasteiger partial charge in [-0.3, -0.25) is 5.84 Å². The van der Waals surface area contributed by atoms with E-state index in [9.17, 15) is 0 Å². The van der Waals surface area contributed by atoms with E-state index >= 15 is 0 Å². The molecule has 0 aliphatic heterocycles.